The van der Waals surface area contributed by atoms with Crippen LogP contribution in [0.5, 0.6) is 5.75 Å². The first kappa shape index (κ1) is 19.6. The number of carbonyl (C=O) groups is 1. The summed E-state index contributed by atoms with van der Waals surface area (Å²) >= 11 is 0. The van der Waals surface area contributed by atoms with Gasteiger partial charge < -0.3 is 20.1 Å². The zero-order valence-electron chi connectivity index (χ0n) is 15.9. The van der Waals surface area contributed by atoms with Crippen molar-refractivity contribution in [2.45, 2.75) is 52.2 Å². The molecule has 140 valence electrons. The molecule has 1 aliphatic carbocycles. The molecule has 2 rings (SSSR count). The van der Waals surface area contributed by atoms with Gasteiger partial charge in [-0.25, -0.2) is 4.79 Å². The quantitative estimate of drug-likeness (QED) is 0.792. The van der Waals surface area contributed by atoms with Crippen LogP contribution >= 0.6 is 0 Å². The van der Waals surface area contributed by atoms with Crippen LogP contribution in [0.3, 0.4) is 0 Å². The number of aliphatic hydroxyl groups excluding tert-OH is 1. The lowest BCUT2D eigenvalue weighted by Gasteiger charge is -2.25. The first-order chi connectivity index (χ1) is 11.9. The smallest absolute Gasteiger partial charge is 0.317 e. The van der Waals surface area contributed by atoms with Crippen LogP contribution in [-0.4, -0.2) is 42.3 Å². The molecule has 3 unspecified atom stereocenters. The molecule has 1 aliphatic rings. The van der Waals surface area contributed by atoms with E-state index in [2.05, 4.69) is 19.2 Å². The van der Waals surface area contributed by atoms with Crippen molar-refractivity contribution in [3.05, 3.63) is 29.8 Å². The van der Waals surface area contributed by atoms with Crippen molar-refractivity contribution in [2.75, 3.05) is 20.2 Å². The third kappa shape index (κ3) is 5.92. The fourth-order valence-electron chi connectivity index (χ4n) is 3.16. The number of amides is 2. The Morgan fingerprint density at radius 3 is 2.52 bits per heavy atom. The Balaban J connectivity index is 1.83. The number of rotatable bonds is 7. The van der Waals surface area contributed by atoms with E-state index in [1.54, 1.807) is 11.9 Å². The van der Waals surface area contributed by atoms with E-state index in [1.165, 1.54) is 0 Å². The number of benzene rings is 1. The van der Waals surface area contributed by atoms with Crippen LogP contribution in [0.15, 0.2) is 24.3 Å². The molecule has 2 N–H and O–H groups in total. The van der Waals surface area contributed by atoms with E-state index >= 15 is 0 Å². The van der Waals surface area contributed by atoms with Crippen LogP contribution in [0.4, 0.5) is 4.79 Å². The first-order valence-electron chi connectivity index (χ1n) is 9.29. The lowest BCUT2D eigenvalue weighted by atomic mass is 10.1. The summed E-state index contributed by atoms with van der Waals surface area (Å²) in [5, 5.41) is 12.9. The summed E-state index contributed by atoms with van der Waals surface area (Å²) in [7, 11) is 1.79. The molecule has 0 aromatic heterocycles. The topological polar surface area (TPSA) is 61.8 Å². The molecule has 1 aromatic carbocycles. The number of hydrogen-bond donors (Lipinski definition) is 2. The maximum atomic E-state index is 12.4. The summed E-state index contributed by atoms with van der Waals surface area (Å²) in [5.41, 5.74) is 1.04. The Kier molecular flexibility index (Phi) is 7.12. The SMILES string of the molecule is CC(C)COc1ccc(C(C)NC(=O)N(C)CC2CCCC2O)cc1. The van der Waals surface area contributed by atoms with Crippen molar-refractivity contribution in [3.63, 3.8) is 0 Å². The second-order valence-corrected chi connectivity index (χ2v) is 7.58. The number of nitrogens with zero attached hydrogens (tertiary/aromatic N) is 1. The van der Waals surface area contributed by atoms with E-state index in [4.69, 9.17) is 4.74 Å². The van der Waals surface area contributed by atoms with Crippen molar-refractivity contribution >= 4 is 6.03 Å². The predicted octanol–water partition coefficient (Wildman–Crippen LogP) is 3.58. The largest absolute Gasteiger partial charge is 0.493 e. The summed E-state index contributed by atoms with van der Waals surface area (Å²) in [6.07, 6.45) is 2.61. The maximum absolute atomic E-state index is 12.4. The summed E-state index contributed by atoms with van der Waals surface area (Å²) in [5.74, 6) is 1.54. The molecular formula is C20H32N2O3. The molecule has 5 heteroatoms. The van der Waals surface area contributed by atoms with Crippen LogP contribution in [0, 0.1) is 11.8 Å². The van der Waals surface area contributed by atoms with Gasteiger partial charge in [-0.15, -0.1) is 0 Å². The van der Waals surface area contributed by atoms with E-state index in [0.717, 1.165) is 30.6 Å². The Hall–Kier alpha value is -1.75. The molecule has 3 atom stereocenters. The lowest BCUT2D eigenvalue weighted by molar-refractivity contribution is 0.113. The molecule has 0 heterocycles. The van der Waals surface area contributed by atoms with Gasteiger partial charge in [-0.1, -0.05) is 32.4 Å². The van der Waals surface area contributed by atoms with Crippen LogP contribution in [0.25, 0.3) is 0 Å². The molecule has 5 nitrogen and oxygen atoms in total. The van der Waals surface area contributed by atoms with Crippen molar-refractivity contribution in [3.8, 4) is 5.75 Å². The molecule has 1 fully saturated rings. The molecule has 0 saturated heterocycles. The van der Waals surface area contributed by atoms with Gasteiger partial charge in [-0.2, -0.15) is 0 Å². The molecular weight excluding hydrogens is 316 g/mol. The Labute approximate surface area is 151 Å². The standard InChI is InChI=1S/C20H32N2O3/c1-14(2)13-25-18-10-8-16(9-11-18)15(3)21-20(24)22(4)12-17-6-5-7-19(17)23/h8-11,14-15,17,19,23H,5-7,12-13H2,1-4H3,(H,21,24). The molecule has 0 radical (unpaired) electrons. The minimum atomic E-state index is -0.272. The Morgan fingerprint density at radius 1 is 1.28 bits per heavy atom. The van der Waals surface area contributed by atoms with E-state index in [0.29, 0.717) is 19.1 Å². The van der Waals surface area contributed by atoms with Gasteiger partial charge in [0.1, 0.15) is 5.75 Å². The first-order valence-corrected chi connectivity index (χ1v) is 9.29. The number of urea groups is 1. The summed E-state index contributed by atoms with van der Waals surface area (Å²) in [6.45, 7) is 7.51. The number of carbonyl (C=O) groups excluding carboxylic acids is 1. The molecule has 0 aliphatic heterocycles. The maximum Gasteiger partial charge on any atom is 0.317 e. The third-order valence-corrected chi connectivity index (χ3v) is 4.78. The highest BCUT2D eigenvalue weighted by molar-refractivity contribution is 5.74. The normalized spacial score (nSPS) is 21.2. The van der Waals surface area contributed by atoms with Gasteiger partial charge in [0.15, 0.2) is 0 Å². The lowest BCUT2D eigenvalue weighted by Crippen LogP contribution is -2.42. The van der Waals surface area contributed by atoms with E-state index in [-0.39, 0.29) is 24.1 Å². The van der Waals surface area contributed by atoms with Crippen molar-refractivity contribution < 1.29 is 14.6 Å². The molecule has 1 aromatic rings. The predicted molar refractivity (Wildman–Crippen MR) is 99.7 cm³/mol. The van der Waals surface area contributed by atoms with Crippen LogP contribution in [0.1, 0.15) is 51.6 Å². The number of ether oxygens (including phenoxy) is 1. The zero-order valence-corrected chi connectivity index (χ0v) is 15.9. The Bertz CT molecular complexity index is 544. The number of hydrogen-bond acceptors (Lipinski definition) is 3. The highest BCUT2D eigenvalue weighted by Crippen LogP contribution is 2.26. The van der Waals surface area contributed by atoms with Crippen LogP contribution in [-0.2, 0) is 0 Å². The number of nitrogens with one attached hydrogen (secondary N) is 1. The van der Waals surface area contributed by atoms with Gasteiger partial charge in [0.05, 0.1) is 18.8 Å². The van der Waals surface area contributed by atoms with E-state index in [9.17, 15) is 9.90 Å². The summed E-state index contributed by atoms with van der Waals surface area (Å²) in [6, 6.07) is 7.68. The molecule has 0 spiro atoms. The Morgan fingerprint density at radius 2 is 1.96 bits per heavy atom. The highest BCUT2D eigenvalue weighted by Gasteiger charge is 2.27. The number of aliphatic hydroxyl groups is 1. The molecule has 0 bridgehead atoms. The van der Waals surface area contributed by atoms with Crippen LogP contribution < -0.4 is 10.1 Å². The van der Waals surface area contributed by atoms with Crippen LogP contribution in [0.2, 0.25) is 0 Å². The van der Waals surface area contributed by atoms with Gasteiger partial charge in [0.25, 0.3) is 0 Å². The molecule has 1 saturated carbocycles. The monoisotopic (exact) mass is 348 g/mol. The second-order valence-electron chi connectivity index (χ2n) is 7.58. The average Bonchev–Trinajstić information content (AvgIpc) is 2.98. The minimum Gasteiger partial charge on any atom is -0.493 e. The molecule has 25 heavy (non-hydrogen) atoms. The van der Waals surface area contributed by atoms with Gasteiger partial charge in [-0.05, 0) is 43.4 Å². The van der Waals surface area contributed by atoms with E-state index < -0.39 is 0 Å². The van der Waals surface area contributed by atoms with Crippen molar-refractivity contribution in [2.24, 2.45) is 11.8 Å². The highest BCUT2D eigenvalue weighted by atomic mass is 16.5. The van der Waals surface area contributed by atoms with Crippen molar-refractivity contribution in [1.29, 1.82) is 0 Å². The van der Waals surface area contributed by atoms with Crippen molar-refractivity contribution in [1.82, 2.24) is 10.2 Å². The minimum absolute atomic E-state index is 0.0809. The van der Waals surface area contributed by atoms with Gasteiger partial charge >= 0.3 is 6.03 Å². The fraction of sp³-hybridized carbons (Fsp3) is 0.650. The van der Waals surface area contributed by atoms with Gasteiger partial charge in [0, 0.05) is 19.5 Å². The third-order valence-electron chi connectivity index (χ3n) is 4.78. The van der Waals surface area contributed by atoms with E-state index in [1.807, 2.05) is 31.2 Å². The zero-order chi connectivity index (χ0) is 18.4. The molecule has 2 amide bonds. The average molecular weight is 348 g/mol. The van der Waals surface area contributed by atoms with Gasteiger partial charge in [0.2, 0.25) is 0 Å². The van der Waals surface area contributed by atoms with Gasteiger partial charge in [-0.3, -0.25) is 0 Å². The summed E-state index contributed by atoms with van der Waals surface area (Å²) < 4.78 is 5.69. The summed E-state index contributed by atoms with van der Waals surface area (Å²) in [4.78, 5) is 14.1. The second kappa shape index (κ2) is 9.09. The fourth-order valence-corrected chi connectivity index (χ4v) is 3.16.